The zero-order valence-corrected chi connectivity index (χ0v) is 19.1. The second kappa shape index (κ2) is 8.79. The Morgan fingerprint density at radius 2 is 1.48 bits per heavy atom. The van der Waals surface area contributed by atoms with E-state index in [1.165, 1.54) is 11.8 Å². The molecule has 4 rings (SSSR count). The lowest BCUT2D eigenvalue weighted by Crippen LogP contribution is -2.32. The zero-order chi connectivity index (χ0) is 22.1. The van der Waals surface area contributed by atoms with Crippen molar-refractivity contribution in [3.63, 3.8) is 0 Å². The minimum atomic E-state index is -0.457. The van der Waals surface area contributed by atoms with Crippen LogP contribution in [0.4, 0.5) is 11.4 Å². The molecule has 0 aromatic heterocycles. The number of imide groups is 1. The summed E-state index contributed by atoms with van der Waals surface area (Å²) in [5, 5.41) is 3.87. The molecule has 1 heterocycles. The number of anilines is 2. The van der Waals surface area contributed by atoms with Crippen molar-refractivity contribution in [3.8, 4) is 0 Å². The molecule has 0 saturated heterocycles. The molecule has 31 heavy (non-hydrogen) atoms. The minimum Gasteiger partial charge on any atom is -0.350 e. The first-order valence-electron chi connectivity index (χ1n) is 9.50. The number of carbonyl (C=O) groups is 2. The number of carbonyl (C=O) groups excluding carboxylic acids is 2. The van der Waals surface area contributed by atoms with Gasteiger partial charge in [-0.15, -0.1) is 0 Å². The van der Waals surface area contributed by atoms with Crippen molar-refractivity contribution in [2.75, 3.05) is 10.2 Å². The highest BCUT2D eigenvalue weighted by Gasteiger charge is 2.40. The van der Waals surface area contributed by atoms with Gasteiger partial charge < -0.3 is 5.32 Å². The summed E-state index contributed by atoms with van der Waals surface area (Å²) < 4.78 is 0. The van der Waals surface area contributed by atoms with Crippen LogP contribution in [0.5, 0.6) is 0 Å². The standard InChI is InChI=1S/C24H18Cl2N2O2S/c1-14-7-9-19(10-8-14)31-22-21(27-20-6-4-3-5-15(20)2)23(29)28(24(22)30)18-12-16(25)11-17(26)13-18/h3-13,27H,1-2H3. The first kappa shape index (κ1) is 21.5. The van der Waals surface area contributed by atoms with Gasteiger partial charge in [0.05, 0.1) is 5.69 Å². The molecule has 0 unspecified atom stereocenters. The minimum absolute atomic E-state index is 0.223. The normalized spacial score (nSPS) is 13.9. The molecular weight excluding hydrogens is 451 g/mol. The number of nitrogens with one attached hydrogen (secondary N) is 1. The Balaban J connectivity index is 1.78. The summed E-state index contributed by atoms with van der Waals surface area (Å²) in [5.41, 5.74) is 3.38. The van der Waals surface area contributed by atoms with Crippen LogP contribution < -0.4 is 10.2 Å². The van der Waals surface area contributed by atoms with Crippen LogP contribution >= 0.6 is 35.0 Å². The average Bonchev–Trinajstić information content (AvgIpc) is 2.94. The van der Waals surface area contributed by atoms with E-state index in [4.69, 9.17) is 23.2 Å². The number of benzene rings is 3. The predicted molar refractivity (Wildman–Crippen MR) is 128 cm³/mol. The van der Waals surface area contributed by atoms with E-state index in [-0.39, 0.29) is 5.70 Å². The van der Waals surface area contributed by atoms with Crippen LogP contribution in [0.15, 0.2) is 82.2 Å². The van der Waals surface area contributed by atoms with E-state index in [0.717, 1.165) is 26.6 Å². The van der Waals surface area contributed by atoms with Crippen molar-refractivity contribution in [1.82, 2.24) is 0 Å². The van der Waals surface area contributed by atoms with Crippen molar-refractivity contribution in [1.29, 1.82) is 0 Å². The number of aryl methyl sites for hydroxylation is 2. The second-order valence-corrected chi connectivity index (χ2v) is 9.09. The van der Waals surface area contributed by atoms with Crippen LogP contribution in [0.3, 0.4) is 0 Å². The summed E-state index contributed by atoms with van der Waals surface area (Å²) in [6.07, 6.45) is 0. The van der Waals surface area contributed by atoms with Gasteiger partial charge in [0.15, 0.2) is 0 Å². The molecule has 3 aromatic carbocycles. The SMILES string of the molecule is Cc1ccc(SC2=C(Nc3ccccc3C)C(=O)N(c3cc(Cl)cc(Cl)c3)C2=O)cc1. The maximum Gasteiger partial charge on any atom is 0.283 e. The monoisotopic (exact) mass is 468 g/mol. The smallest absolute Gasteiger partial charge is 0.283 e. The highest BCUT2D eigenvalue weighted by molar-refractivity contribution is 8.04. The Labute approximate surface area is 194 Å². The van der Waals surface area contributed by atoms with Crippen LogP contribution in [0.1, 0.15) is 11.1 Å². The molecule has 2 amide bonds. The van der Waals surface area contributed by atoms with Gasteiger partial charge in [-0.25, -0.2) is 4.90 Å². The number of rotatable bonds is 5. The van der Waals surface area contributed by atoms with Gasteiger partial charge in [-0.1, -0.05) is 70.9 Å². The summed E-state index contributed by atoms with van der Waals surface area (Å²) in [6.45, 7) is 3.93. The highest BCUT2D eigenvalue weighted by atomic mass is 35.5. The van der Waals surface area contributed by atoms with Gasteiger partial charge in [0, 0.05) is 20.6 Å². The van der Waals surface area contributed by atoms with Gasteiger partial charge in [-0.05, 0) is 55.8 Å². The topological polar surface area (TPSA) is 49.4 Å². The summed E-state index contributed by atoms with van der Waals surface area (Å²) in [5.74, 6) is -0.883. The lowest BCUT2D eigenvalue weighted by molar-refractivity contribution is -0.120. The largest absolute Gasteiger partial charge is 0.350 e. The Bertz CT molecular complexity index is 1200. The Hall–Kier alpha value is -2.73. The van der Waals surface area contributed by atoms with Crippen molar-refractivity contribution < 1.29 is 9.59 Å². The second-order valence-electron chi connectivity index (χ2n) is 7.13. The van der Waals surface area contributed by atoms with Crippen LogP contribution in [-0.4, -0.2) is 11.8 Å². The molecule has 0 saturated carbocycles. The molecule has 7 heteroatoms. The number of thioether (sulfide) groups is 1. The fourth-order valence-corrected chi connectivity index (χ4v) is 4.63. The van der Waals surface area contributed by atoms with Crippen molar-refractivity contribution >= 4 is 58.2 Å². The fraction of sp³-hybridized carbons (Fsp3) is 0.0833. The number of halogens is 2. The van der Waals surface area contributed by atoms with Gasteiger partial charge in [0.2, 0.25) is 0 Å². The van der Waals surface area contributed by atoms with Gasteiger partial charge in [-0.3, -0.25) is 9.59 Å². The number of hydrogen-bond donors (Lipinski definition) is 1. The Morgan fingerprint density at radius 1 is 0.839 bits per heavy atom. The summed E-state index contributed by atoms with van der Waals surface area (Å²) in [4.78, 5) is 29.1. The molecule has 1 aliphatic rings. The Morgan fingerprint density at radius 3 is 2.13 bits per heavy atom. The first-order valence-corrected chi connectivity index (χ1v) is 11.1. The highest BCUT2D eigenvalue weighted by Crippen LogP contribution is 2.39. The van der Waals surface area contributed by atoms with Gasteiger partial charge in [0.1, 0.15) is 10.6 Å². The van der Waals surface area contributed by atoms with E-state index < -0.39 is 11.8 Å². The molecular formula is C24H18Cl2N2O2S. The molecule has 1 N–H and O–H groups in total. The van der Waals surface area contributed by atoms with Crippen LogP contribution in [-0.2, 0) is 9.59 Å². The van der Waals surface area contributed by atoms with E-state index in [1.807, 2.05) is 62.4 Å². The van der Waals surface area contributed by atoms with Crippen LogP contribution in [0.25, 0.3) is 0 Å². The molecule has 0 bridgehead atoms. The van der Waals surface area contributed by atoms with Crippen molar-refractivity contribution in [2.45, 2.75) is 18.7 Å². The van der Waals surface area contributed by atoms with Crippen molar-refractivity contribution in [3.05, 3.63) is 98.5 Å². The molecule has 1 aliphatic heterocycles. The predicted octanol–water partition coefficient (Wildman–Crippen LogP) is 6.60. The van der Waals surface area contributed by atoms with Gasteiger partial charge in [-0.2, -0.15) is 0 Å². The molecule has 156 valence electrons. The molecule has 0 radical (unpaired) electrons. The molecule has 3 aromatic rings. The number of hydrogen-bond acceptors (Lipinski definition) is 4. The third-order valence-corrected chi connectivity index (χ3v) is 6.32. The summed E-state index contributed by atoms with van der Waals surface area (Å²) >= 11 is 13.5. The maximum absolute atomic E-state index is 13.4. The first-order chi connectivity index (χ1) is 14.8. The Kier molecular flexibility index (Phi) is 6.10. The third kappa shape index (κ3) is 4.49. The molecule has 0 spiro atoms. The van der Waals surface area contributed by atoms with Crippen LogP contribution in [0, 0.1) is 13.8 Å². The summed E-state index contributed by atoms with van der Waals surface area (Å²) in [7, 11) is 0. The van der Waals surface area contributed by atoms with E-state index >= 15 is 0 Å². The fourth-order valence-electron chi connectivity index (χ4n) is 3.19. The number of amides is 2. The molecule has 0 fully saturated rings. The van der Waals surface area contributed by atoms with Crippen molar-refractivity contribution in [2.24, 2.45) is 0 Å². The quantitative estimate of drug-likeness (QED) is 0.428. The van der Waals surface area contributed by atoms with E-state index in [0.29, 0.717) is 20.6 Å². The number of para-hydroxylation sites is 1. The van der Waals surface area contributed by atoms with Crippen LogP contribution in [0.2, 0.25) is 10.0 Å². The van der Waals surface area contributed by atoms with Gasteiger partial charge in [0.25, 0.3) is 11.8 Å². The van der Waals surface area contributed by atoms with E-state index in [1.54, 1.807) is 18.2 Å². The van der Waals surface area contributed by atoms with E-state index in [9.17, 15) is 9.59 Å². The lowest BCUT2D eigenvalue weighted by Gasteiger charge is -2.16. The number of nitrogens with zero attached hydrogens (tertiary/aromatic N) is 1. The van der Waals surface area contributed by atoms with E-state index in [2.05, 4.69) is 5.32 Å². The molecule has 0 aliphatic carbocycles. The zero-order valence-electron chi connectivity index (χ0n) is 16.8. The molecule has 0 atom stereocenters. The summed E-state index contributed by atoms with van der Waals surface area (Å²) in [6, 6.07) is 20.0. The maximum atomic E-state index is 13.4. The average molecular weight is 469 g/mol. The lowest BCUT2D eigenvalue weighted by atomic mass is 10.2. The van der Waals surface area contributed by atoms with Gasteiger partial charge >= 0.3 is 0 Å². The third-order valence-electron chi connectivity index (χ3n) is 4.79. The molecule has 4 nitrogen and oxygen atoms in total.